The monoisotopic (exact) mass is 1200 g/mol. The third-order valence-electron chi connectivity index (χ3n) is 18.8. The smallest absolute Gasteiger partial charge is 0.305 e. The van der Waals surface area contributed by atoms with Crippen LogP contribution in [-0.2, 0) is 14.3 Å². The Kier molecular flexibility index (Phi) is 73.8. The van der Waals surface area contributed by atoms with Crippen LogP contribution < -0.4 is 5.32 Å². The molecule has 85 heavy (non-hydrogen) atoms. The van der Waals surface area contributed by atoms with Crippen LogP contribution in [0.25, 0.3) is 0 Å². The van der Waals surface area contributed by atoms with Crippen molar-refractivity contribution >= 4 is 11.9 Å². The molecule has 0 aromatic carbocycles. The third-order valence-corrected chi connectivity index (χ3v) is 18.8. The highest BCUT2D eigenvalue weighted by Gasteiger charge is 2.20. The van der Waals surface area contributed by atoms with Gasteiger partial charge in [0.25, 0.3) is 0 Å². The van der Waals surface area contributed by atoms with E-state index in [0.717, 1.165) is 38.5 Å². The van der Waals surface area contributed by atoms with Gasteiger partial charge < -0.3 is 20.3 Å². The van der Waals surface area contributed by atoms with Crippen LogP contribution in [-0.4, -0.2) is 47.4 Å². The summed E-state index contributed by atoms with van der Waals surface area (Å²) in [5.74, 6) is -0.0103. The molecular weight excluding hydrogens is 1040 g/mol. The van der Waals surface area contributed by atoms with Crippen molar-refractivity contribution in [2.45, 2.75) is 469 Å². The van der Waals surface area contributed by atoms with Crippen LogP contribution in [0.4, 0.5) is 0 Å². The highest BCUT2D eigenvalue weighted by Crippen LogP contribution is 2.20. The molecule has 0 rings (SSSR count). The number of hydrogen-bond donors (Lipinski definition) is 3. The number of carbonyl (C=O) groups is 2. The number of aliphatic hydroxyl groups excluding tert-OH is 2. The number of hydrogen-bond acceptors (Lipinski definition) is 5. The molecule has 0 saturated carbocycles. The summed E-state index contributed by atoms with van der Waals surface area (Å²) in [7, 11) is 0. The molecule has 1 amide bonds. The van der Waals surface area contributed by atoms with E-state index >= 15 is 0 Å². The number of aliphatic hydroxyl groups is 2. The average molecular weight is 1200 g/mol. The molecule has 0 spiro atoms. The summed E-state index contributed by atoms with van der Waals surface area (Å²) in [6, 6.07) is -0.544. The molecule has 0 aromatic heterocycles. The van der Waals surface area contributed by atoms with E-state index in [0.29, 0.717) is 25.9 Å². The molecule has 0 aliphatic heterocycles. The number of rotatable bonds is 75. The summed E-state index contributed by atoms with van der Waals surface area (Å²) in [5, 5.41) is 23.5. The van der Waals surface area contributed by atoms with Gasteiger partial charge in [0.1, 0.15) is 0 Å². The fourth-order valence-electron chi connectivity index (χ4n) is 12.8. The number of nitrogens with one attached hydrogen (secondary N) is 1. The second kappa shape index (κ2) is 75.1. The molecule has 6 nitrogen and oxygen atoms in total. The number of amides is 1. The molecule has 0 aliphatic carbocycles. The minimum Gasteiger partial charge on any atom is -0.466 e. The molecule has 6 heteroatoms. The largest absolute Gasteiger partial charge is 0.466 e. The van der Waals surface area contributed by atoms with E-state index in [4.69, 9.17) is 4.74 Å². The molecule has 0 saturated heterocycles. The lowest BCUT2D eigenvalue weighted by atomic mass is 10.0. The summed E-state index contributed by atoms with van der Waals surface area (Å²) in [6.45, 7) is 5.01. The van der Waals surface area contributed by atoms with Gasteiger partial charge in [0.15, 0.2) is 0 Å². The zero-order valence-electron chi connectivity index (χ0n) is 58.1. The normalized spacial score (nSPS) is 12.5. The van der Waals surface area contributed by atoms with Gasteiger partial charge in [-0.2, -0.15) is 0 Å². The minimum atomic E-state index is -0.667. The van der Waals surface area contributed by atoms with E-state index in [1.54, 1.807) is 0 Å². The predicted molar refractivity (Wildman–Crippen MR) is 375 cm³/mol. The molecule has 0 aliphatic rings. The molecular formula is C79H155NO5. The Bertz CT molecular complexity index is 1290. The van der Waals surface area contributed by atoms with E-state index < -0.39 is 12.1 Å². The Hall–Kier alpha value is -1.40. The quantitative estimate of drug-likeness (QED) is 0.0320. The first-order valence-corrected chi connectivity index (χ1v) is 39.4. The maximum absolute atomic E-state index is 12.6. The standard InChI is InChI=1S/C79H155NO5/c1-3-5-7-9-11-13-15-17-19-21-23-24-29-32-36-39-43-47-51-55-59-63-67-71-77(82)76(75-81)80-78(83)72-68-64-60-56-52-48-44-40-37-33-30-27-25-26-28-31-34-38-42-46-50-54-58-62-66-70-74-85-79(84)73-69-65-61-57-53-49-45-41-35-22-20-18-16-14-12-10-8-6-4-2/h25,27,76-77,81-82H,3-24,26,28-75H2,1-2H3,(H,80,83)/b27-25-. The van der Waals surface area contributed by atoms with Gasteiger partial charge in [-0.3, -0.25) is 9.59 Å². The Balaban J connectivity index is 3.37. The molecule has 0 bridgehead atoms. The minimum absolute atomic E-state index is 0.0207. The molecule has 3 N–H and O–H groups in total. The molecule has 0 aromatic rings. The van der Waals surface area contributed by atoms with Crippen LogP contribution in [0.2, 0.25) is 0 Å². The van der Waals surface area contributed by atoms with Crippen LogP contribution in [0.1, 0.15) is 457 Å². The molecule has 0 heterocycles. The first-order chi connectivity index (χ1) is 42.0. The van der Waals surface area contributed by atoms with E-state index in [1.165, 1.54) is 385 Å². The van der Waals surface area contributed by atoms with Gasteiger partial charge in [0, 0.05) is 12.8 Å². The summed E-state index contributed by atoms with van der Waals surface area (Å²) in [5.41, 5.74) is 0. The lowest BCUT2D eigenvalue weighted by Crippen LogP contribution is -2.45. The van der Waals surface area contributed by atoms with Gasteiger partial charge in [-0.05, 0) is 51.4 Å². The summed E-state index contributed by atoms with van der Waals surface area (Å²) >= 11 is 0. The second-order valence-electron chi connectivity index (χ2n) is 27.4. The van der Waals surface area contributed by atoms with Gasteiger partial charge in [0.05, 0.1) is 25.4 Å². The van der Waals surface area contributed by atoms with Crippen molar-refractivity contribution < 1.29 is 24.5 Å². The van der Waals surface area contributed by atoms with Crippen molar-refractivity contribution in [1.82, 2.24) is 5.32 Å². The van der Waals surface area contributed by atoms with Crippen molar-refractivity contribution in [2.24, 2.45) is 0 Å². The van der Waals surface area contributed by atoms with Gasteiger partial charge in [-0.1, -0.05) is 405 Å². The number of esters is 1. The second-order valence-corrected chi connectivity index (χ2v) is 27.4. The zero-order chi connectivity index (χ0) is 61.3. The summed E-state index contributed by atoms with van der Waals surface area (Å²) in [6.07, 6.45) is 94.4. The maximum atomic E-state index is 12.6. The van der Waals surface area contributed by atoms with Crippen molar-refractivity contribution in [3.05, 3.63) is 12.2 Å². The van der Waals surface area contributed by atoms with Crippen molar-refractivity contribution in [1.29, 1.82) is 0 Å². The number of unbranched alkanes of at least 4 members (excludes halogenated alkanes) is 62. The Labute approximate surface area is 533 Å². The predicted octanol–water partition coefficient (Wildman–Crippen LogP) is 25.9. The SMILES string of the molecule is CCCCCCCCCCCCCCCCCCCCCCCCCC(O)C(CO)NC(=O)CCCCCCCCCCCC/C=C\CCCCCCCCCCCCCCOC(=O)CCCCCCCCCCCCCCCCCCCCC. The number of ether oxygens (including phenoxy) is 1. The van der Waals surface area contributed by atoms with Crippen LogP contribution in [0.15, 0.2) is 12.2 Å². The first-order valence-electron chi connectivity index (χ1n) is 39.4. The van der Waals surface area contributed by atoms with Gasteiger partial charge in [-0.25, -0.2) is 0 Å². The van der Waals surface area contributed by atoms with Gasteiger partial charge >= 0.3 is 5.97 Å². The Morgan fingerprint density at radius 3 is 0.835 bits per heavy atom. The molecule has 0 fully saturated rings. The van der Waals surface area contributed by atoms with E-state index in [-0.39, 0.29) is 18.5 Å². The lowest BCUT2D eigenvalue weighted by Gasteiger charge is -2.22. The fourth-order valence-corrected chi connectivity index (χ4v) is 12.8. The first kappa shape index (κ1) is 83.6. The highest BCUT2D eigenvalue weighted by molar-refractivity contribution is 5.76. The van der Waals surface area contributed by atoms with Crippen LogP contribution in [0, 0.1) is 0 Å². The fraction of sp³-hybridized carbons (Fsp3) is 0.949. The average Bonchev–Trinajstić information content (AvgIpc) is 3.51. The van der Waals surface area contributed by atoms with E-state index in [1.807, 2.05) is 0 Å². The van der Waals surface area contributed by atoms with Crippen molar-refractivity contribution in [3.8, 4) is 0 Å². The maximum Gasteiger partial charge on any atom is 0.305 e. The lowest BCUT2D eigenvalue weighted by molar-refractivity contribution is -0.143. The molecule has 2 atom stereocenters. The zero-order valence-corrected chi connectivity index (χ0v) is 58.1. The van der Waals surface area contributed by atoms with E-state index in [9.17, 15) is 19.8 Å². The number of carbonyl (C=O) groups excluding carboxylic acids is 2. The Morgan fingerprint density at radius 2 is 0.553 bits per heavy atom. The van der Waals surface area contributed by atoms with Crippen LogP contribution >= 0.6 is 0 Å². The van der Waals surface area contributed by atoms with Gasteiger partial charge in [-0.15, -0.1) is 0 Å². The van der Waals surface area contributed by atoms with Crippen molar-refractivity contribution in [3.63, 3.8) is 0 Å². The van der Waals surface area contributed by atoms with Crippen molar-refractivity contribution in [2.75, 3.05) is 13.2 Å². The van der Waals surface area contributed by atoms with Crippen LogP contribution in [0.3, 0.4) is 0 Å². The summed E-state index contributed by atoms with van der Waals surface area (Å²) in [4.78, 5) is 24.7. The molecule has 506 valence electrons. The molecule has 2 unspecified atom stereocenters. The summed E-state index contributed by atoms with van der Waals surface area (Å²) < 4.78 is 5.52. The van der Waals surface area contributed by atoms with E-state index in [2.05, 4.69) is 31.3 Å². The van der Waals surface area contributed by atoms with Crippen LogP contribution in [0.5, 0.6) is 0 Å². The van der Waals surface area contributed by atoms with Gasteiger partial charge in [0.2, 0.25) is 5.91 Å². The topological polar surface area (TPSA) is 95.9 Å². The highest BCUT2D eigenvalue weighted by atomic mass is 16.5. The number of allylic oxidation sites excluding steroid dienone is 2. The third kappa shape index (κ3) is 71.6. The molecule has 0 radical (unpaired) electrons. The Morgan fingerprint density at radius 1 is 0.318 bits per heavy atom.